The predicted molar refractivity (Wildman–Crippen MR) is 96.4 cm³/mol. The van der Waals surface area contributed by atoms with Crippen molar-refractivity contribution < 1.29 is 9.84 Å². The predicted octanol–water partition coefficient (Wildman–Crippen LogP) is 3.42. The average molecular weight is 326 g/mol. The number of aromatic amines is 1. The zero-order valence-electron chi connectivity index (χ0n) is 14.5. The monoisotopic (exact) mass is 326 g/mol. The third-order valence-corrected chi connectivity index (χ3v) is 5.82. The van der Waals surface area contributed by atoms with Crippen molar-refractivity contribution in [1.29, 1.82) is 0 Å². The maximum atomic E-state index is 9.38. The van der Waals surface area contributed by atoms with Crippen LogP contribution in [0.15, 0.2) is 29.8 Å². The number of methoxy groups -OCH3 is 1. The molecule has 4 rings (SSSR count). The van der Waals surface area contributed by atoms with Crippen LogP contribution >= 0.6 is 0 Å². The Morgan fingerprint density at radius 3 is 3.04 bits per heavy atom. The average Bonchev–Trinajstić information content (AvgIpc) is 2.99. The number of aliphatic hydroxyl groups excluding tert-OH is 1. The zero-order valence-corrected chi connectivity index (χ0v) is 14.5. The van der Waals surface area contributed by atoms with Crippen LogP contribution < -0.4 is 4.74 Å². The number of hydrogen-bond acceptors (Lipinski definition) is 3. The van der Waals surface area contributed by atoms with E-state index >= 15 is 0 Å². The first-order chi connectivity index (χ1) is 11.7. The van der Waals surface area contributed by atoms with Crippen LogP contribution in [0.25, 0.3) is 10.9 Å². The molecule has 2 aliphatic heterocycles. The molecule has 1 aromatic heterocycles. The van der Waals surface area contributed by atoms with E-state index in [2.05, 4.69) is 28.9 Å². The molecule has 2 N–H and O–H groups in total. The van der Waals surface area contributed by atoms with Crippen molar-refractivity contribution in [3.63, 3.8) is 0 Å². The summed E-state index contributed by atoms with van der Waals surface area (Å²) in [6.45, 7) is 4.62. The Labute approximate surface area is 143 Å². The van der Waals surface area contributed by atoms with Gasteiger partial charge in [0, 0.05) is 29.7 Å². The highest BCUT2D eigenvalue weighted by Crippen LogP contribution is 2.43. The van der Waals surface area contributed by atoms with Crippen molar-refractivity contribution in [1.82, 2.24) is 9.88 Å². The quantitative estimate of drug-likeness (QED) is 0.850. The summed E-state index contributed by atoms with van der Waals surface area (Å²) in [6, 6.07) is 6.71. The molecule has 3 heterocycles. The lowest BCUT2D eigenvalue weighted by molar-refractivity contribution is 0.127. The Balaban J connectivity index is 1.75. The Kier molecular flexibility index (Phi) is 4.10. The molecule has 2 aromatic rings. The molecule has 0 unspecified atom stereocenters. The summed E-state index contributed by atoms with van der Waals surface area (Å²) < 4.78 is 5.41. The smallest absolute Gasteiger partial charge is 0.119 e. The van der Waals surface area contributed by atoms with Gasteiger partial charge in [0.15, 0.2) is 0 Å². The maximum absolute atomic E-state index is 9.38. The molecule has 0 saturated carbocycles. The van der Waals surface area contributed by atoms with Crippen LogP contribution in [0.4, 0.5) is 0 Å². The summed E-state index contributed by atoms with van der Waals surface area (Å²) >= 11 is 0. The van der Waals surface area contributed by atoms with Crippen molar-refractivity contribution in [3.05, 3.63) is 41.1 Å². The molecule has 4 heteroatoms. The van der Waals surface area contributed by atoms with Gasteiger partial charge in [0.05, 0.1) is 19.8 Å². The van der Waals surface area contributed by atoms with Crippen molar-refractivity contribution in [2.45, 2.75) is 32.2 Å². The molecule has 4 nitrogen and oxygen atoms in total. The van der Waals surface area contributed by atoms with Gasteiger partial charge in [-0.05, 0) is 48.9 Å². The lowest BCUT2D eigenvalue weighted by atomic mass is 9.81. The summed E-state index contributed by atoms with van der Waals surface area (Å²) in [6.07, 6.45) is 5.29. The summed E-state index contributed by atoms with van der Waals surface area (Å²) in [4.78, 5) is 6.30. The van der Waals surface area contributed by atoms with Crippen LogP contribution in [0.5, 0.6) is 5.75 Å². The van der Waals surface area contributed by atoms with Crippen LogP contribution in [-0.4, -0.2) is 41.8 Å². The fraction of sp³-hybridized carbons (Fsp3) is 0.500. The van der Waals surface area contributed by atoms with Crippen molar-refractivity contribution in [2.24, 2.45) is 5.92 Å². The topological polar surface area (TPSA) is 48.5 Å². The van der Waals surface area contributed by atoms with E-state index in [0.29, 0.717) is 12.0 Å². The van der Waals surface area contributed by atoms with E-state index in [1.807, 2.05) is 12.1 Å². The molecule has 24 heavy (non-hydrogen) atoms. The molecule has 0 bridgehead atoms. The molecule has 0 aliphatic carbocycles. The SMILES string of the molecule is CC[C@H]1CN2CCc3c([nH]c4ccc(OC)cc34)[C@H]2CC1=CCO. The van der Waals surface area contributed by atoms with Gasteiger partial charge in [-0.25, -0.2) is 0 Å². The van der Waals surface area contributed by atoms with Gasteiger partial charge < -0.3 is 14.8 Å². The van der Waals surface area contributed by atoms with Crippen molar-refractivity contribution in [2.75, 3.05) is 26.8 Å². The molecule has 0 radical (unpaired) electrons. The first kappa shape index (κ1) is 15.7. The standard InChI is InChI=1S/C20H26N2O2/c1-3-13-12-22-8-6-16-17-11-15(24-2)4-5-18(17)21-20(16)19(22)10-14(13)7-9-23/h4-5,7,11,13,19,21,23H,3,6,8-10,12H2,1-2H3/t13-,19+/m0/s1. The van der Waals surface area contributed by atoms with Gasteiger partial charge in [0.25, 0.3) is 0 Å². The molecule has 0 amide bonds. The normalized spacial score (nSPS) is 25.7. The van der Waals surface area contributed by atoms with E-state index in [0.717, 1.165) is 38.1 Å². The van der Waals surface area contributed by atoms with Gasteiger partial charge in [0.1, 0.15) is 5.75 Å². The minimum atomic E-state index is 0.148. The van der Waals surface area contributed by atoms with Crippen LogP contribution in [-0.2, 0) is 6.42 Å². The molecule has 1 aromatic carbocycles. The lowest BCUT2D eigenvalue weighted by Gasteiger charge is -2.43. The van der Waals surface area contributed by atoms with E-state index in [1.165, 1.54) is 27.7 Å². The Hall–Kier alpha value is -1.78. The summed E-state index contributed by atoms with van der Waals surface area (Å²) in [5.74, 6) is 1.50. The largest absolute Gasteiger partial charge is 0.497 e. The molecule has 2 aliphatic rings. The number of nitrogens with one attached hydrogen (secondary N) is 1. The highest BCUT2D eigenvalue weighted by Gasteiger charge is 2.36. The highest BCUT2D eigenvalue weighted by atomic mass is 16.5. The lowest BCUT2D eigenvalue weighted by Crippen LogP contribution is -2.43. The van der Waals surface area contributed by atoms with E-state index in [-0.39, 0.29) is 6.61 Å². The van der Waals surface area contributed by atoms with Gasteiger partial charge in [-0.1, -0.05) is 18.6 Å². The molecule has 1 saturated heterocycles. The molecule has 1 fully saturated rings. The number of benzene rings is 1. The van der Waals surface area contributed by atoms with Crippen LogP contribution in [0.1, 0.15) is 37.1 Å². The second-order valence-corrected chi connectivity index (χ2v) is 6.96. The third kappa shape index (κ3) is 2.45. The summed E-state index contributed by atoms with van der Waals surface area (Å²) in [5.41, 5.74) is 5.43. The van der Waals surface area contributed by atoms with Gasteiger partial charge >= 0.3 is 0 Å². The number of H-pyrrole nitrogens is 1. The van der Waals surface area contributed by atoms with E-state index in [4.69, 9.17) is 4.74 Å². The number of ether oxygens (including phenoxy) is 1. The minimum Gasteiger partial charge on any atom is -0.497 e. The van der Waals surface area contributed by atoms with Gasteiger partial charge in [0.2, 0.25) is 0 Å². The van der Waals surface area contributed by atoms with E-state index < -0.39 is 0 Å². The molecular formula is C20H26N2O2. The van der Waals surface area contributed by atoms with E-state index in [9.17, 15) is 5.11 Å². The number of hydrogen-bond donors (Lipinski definition) is 2. The van der Waals surface area contributed by atoms with Crippen molar-refractivity contribution >= 4 is 10.9 Å². The highest BCUT2D eigenvalue weighted by molar-refractivity contribution is 5.86. The van der Waals surface area contributed by atoms with Gasteiger partial charge in [-0.2, -0.15) is 0 Å². The fourth-order valence-corrected chi connectivity index (χ4v) is 4.52. The first-order valence-electron chi connectivity index (χ1n) is 8.97. The second kappa shape index (κ2) is 6.26. The maximum Gasteiger partial charge on any atom is 0.119 e. The number of aliphatic hydroxyl groups is 1. The number of aromatic nitrogens is 1. The van der Waals surface area contributed by atoms with Crippen molar-refractivity contribution in [3.8, 4) is 5.75 Å². The fourth-order valence-electron chi connectivity index (χ4n) is 4.52. The Morgan fingerprint density at radius 2 is 2.29 bits per heavy atom. The molecule has 2 atom stereocenters. The number of nitrogens with zero attached hydrogens (tertiary/aromatic N) is 1. The molecule has 128 valence electrons. The van der Waals surface area contributed by atoms with Gasteiger partial charge in [-0.3, -0.25) is 4.90 Å². The van der Waals surface area contributed by atoms with Crippen LogP contribution in [0.3, 0.4) is 0 Å². The minimum absolute atomic E-state index is 0.148. The summed E-state index contributed by atoms with van der Waals surface area (Å²) in [5, 5.41) is 10.7. The Morgan fingerprint density at radius 1 is 1.42 bits per heavy atom. The summed E-state index contributed by atoms with van der Waals surface area (Å²) in [7, 11) is 1.72. The second-order valence-electron chi connectivity index (χ2n) is 6.96. The number of fused-ring (bicyclic) bond motifs is 5. The molecular weight excluding hydrogens is 300 g/mol. The van der Waals surface area contributed by atoms with Crippen LogP contribution in [0.2, 0.25) is 0 Å². The van der Waals surface area contributed by atoms with Crippen LogP contribution in [0, 0.1) is 5.92 Å². The third-order valence-electron chi connectivity index (χ3n) is 5.82. The van der Waals surface area contributed by atoms with Gasteiger partial charge in [-0.15, -0.1) is 0 Å². The molecule has 0 spiro atoms. The first-order valence-corrected chi connectivity index (χ1v) is 8.97. The number of piperidine rings is 1. The number of rotatable bonds is 3. The van der Waals surface area contributed by atoms with E-state index in [1.54, 1.807) is 7.11 Å². The Bertz CT molecular complexity index is 777. The zero-order chi connectivity index (χ0) is 16.7.